The minimum absolute atomic E-state index is 0.0637. The van der Waals surface area contributed by atoms with Crippen molar-refractivity contribution in [1.82, 2.24) is 18.3 Å². The van der Waals surface area contributed by atoms with Gasteiger partial charge >= 0.3 is 5.97 Å². The normalized spacial score (nSPS) is 12.1. The lowest BCUT2D eigenvalue weighted by Crippen LogP contribution is -2.11. The molecule has 154 valence electrons. The van der Waals surface area contributed by atoms with Gasteiger partial charge in [-0.05, 0) is 29.8 Å². The Morgan fingerprint density at radius 3 is 2.70 bits per heavy atom. The molecule has 0 fully saturated rings. The quantitative estimate of drug-likeness (QED) is 0.454. The first kappa shape index (κ1) is 19.8. The standard InChI is InChI=1S/C21H20N4O4S/c1-25-10-9-22-18(25)12-29-14-5-3-13(4-6-14)15(11-19(27)28-2)20-17(26)8-7-16-21(20)24-30-23-16/h3-10,15,26H,11-12H2,1-2H3/t15-/m0/s1. The van der Waals surface area contributed by atoms with Crippen LogP contribution < -0.4 is 4.74 Å². The van der Waals surface area contributed by atoms with Gasteiger partial charge in [0.05, 0.1) is 25.3 Å². The Kier molecular flexibility index (Phi) is 5.62. The van der Waals surface area contributed by atoms with E-state index in [4.69, 9.17) is 9.47 Å². The molecule has 0 unspecified atom stereocenters. The van der Waals surface area contributed by atoms with Crippen molar-refractivity contribution < 1.29 is 19.4 Å². The maximum Gasteiger partial charge on any atom is 0.306 e. The average Bonchev–Trinajstić information content (AvgIpc) is 3.40. The Morgan fingerprint density at radius 1 is 1.20 bits per heavy atom. The number of nitrogens with zero attached hydrogens (tertiary/aromatic N) is 4. The van der Waals surface area contributed by atoms with E-state index in [0.717, 1.165) is 23.1 Å². The number of methoxy groups -OCH3 is 1. The molecule has 30 heavy (non-hydrogen) atoms. The zero-order chi connectivity index (χ0) is 21.1. The van der Waals surface area contributed by atoms with Crippen LogP contribution >= 0.6 is 11.7 Å². The Bertz CT molecular complexity index is 1170. The van der Waals surface area contributed by atoms with Crippen LogP contribution in [-0.4, -0.2) is 36.5 Å². The molecule has 2 aromatic heterocycles. The van der Waals surface area contributed by atoms with Crippen LogP contribution in [0.3, 0.4) is 0 Å². The van der Waals surface area contributed by atoms with Gasteiger partial charge in [-0.2, -0.15) is 8.75 Å². The molecule has 0 spiro atoms. The van der Waals surface area contributed by atoms with E-state index < -0.39 is 5.92 Å². The number of imidazole rings is 1. The number of esters is 1. The molecule has 1 atom stereocenters. The average molecular weight is 424 g/mol. The lowest BCUT2D eigenvalue weighted by molar-refractivity contribution is -0.140. The highest BCUT2D eigenvalue weighted by atomic mass is 32.1. The van der Waals surface area contributed by atoms with Crippen molar-refractivity contribution in [3.63, 3.8) is 0 Å². The van der Waals surface area contributed by atoms with Gasteiger partial charge < -0.3 is 19.1 Å². The van der Waals surface area contributed by atoms with Gasteiger partial charge in [0, 0.05) is 30.9 Å². The van der Waals surface area contributed by atoms with Crippen molar-refractivity contribution in [1.29, 1.82) is 0 Å². The number of benzene rings is 2. The molecule has 2 aromatic carbocycles. The number of hydrogen-bond donors (Lipinski definition) is 1. The number of phenols is 1. The van der Waals surface area contributed by atoms with Crippen LogP contribution in [0.15, 0.2) is 48.8 Å². The molecule has 8 nitrogen and oxygen atoms in total. The molecule has 0 saturated heterocycles. The summed E-state index contributed by atoms with van der Waals surface area (Å²) >= 11 is 1.07. The third-order valence-electron chi connectivity index (χ3n) is 4.96. The summed E-state index contributed by atoms with van der Waals surface area (Å²) in [5, 5.41) is 10.6. The highest BCUT2D eigenvalue weighted by Crippen LogP contribution is 2.39. The SMILES string of the molecule is COC(=O)C[C@@H](c1ccc(OCc2nccn2C)cc1)c1c(O)ccc2nsnc12. The largest absolute Gasteiger partial charge is 0.508 e. The van der Waals surface area contributed by atoms with Gasteiger partial charge in [-0.15, -0.1) is 0 Å². The predicted molar refractivity (Wildman–Crippen MR) is 112 cm³/mol. The molecule has 0 amide bonds. The molecule has 0 radical (unpaired) electrons. The molecule has 0 saturated carbocycles. The van der Waals surface area contributed by atoms with Gasteiger partial charge in [0.1, 0.15) is 35.0 Å². The molecule has 2 heterocycles. The van der Waals surface area contributed by atoms with E-state index in [9.17, 15) is 9.90 Å². The third-order valence-corrected chi connectivity index (χ3v) is 5.50. The Labute approximate surface area is 177 Å². The van der Waals surface area contributed by atoms with Crippen molar-refractivity contribution in [2.24, 2.45) is 7.05 Å². The van der Waals surface area contributed by atoms with Crippen molar-refractivity contribution in [2.75, 3.05) is 7.11 Å². The highest BCUT2D eigenvalue weighted by molar-refractivity contribution is 7.00. The number of aromatic nitrogens is 4. The fourth-order valence-electron chi connectivity index (χ4n) is 3.32. The third kappa shape index (κ3) is 3.97. The van der Waals surface area contributed by atoms with E-state index in [1.807, 2.05) is 42.1 Å². The molecule has 9 heteroatoms. The van der Waals surface area contributed by atoms with E-state index >= 15 is 0 Å². The highest BCUT2D eigenvalue weighted by Gasteiger charge is 2.25. The maximum atomic E-state index is 12.1. The number of aromatic hydroxyl groups is 1. The summed E-state index contributed by atoms with van der Waals surface area (Å²) in [4.78, 5) is 16.4. The predicted octanol–water partition coefficient (Wildman–Crippen LogP) is 3.40. The van der Waals surface area contributed by atoms with E-state index in [2.05, 4.69) is 13.7 Å². The zero-order valence-electron chi connectivity index (χ0n) is 16.5. The minimum atomic E-state index is -0.436. The Morgan fingerprint density at radius 2 is 2.00 bits per heavy atom. The fraction of sp³-hybridized carbons (Fsp3) is 0.238. The smallest absolute Gasteiger partial charge is 0.306 e. The van der Waals surface area contributed by atoms with Crippen LogP contribution in [0.2, 0.25) is 0 Å². The van der Waals surface area contributed by atoms with E-state index in [1.165, 1.54) is 7.11 Å². The Hall–Kier alpha value is -3.46. The van der Waals surface area contributed by atoms with Crippen molar-refractivity contribution in [3.05, 3.63) is 65.7 Å². The van der Waals surface area contributed by atoms with Crippen molar-refractivity contribution >= 4 is 28.7 Å². The van der Waals surface area contributed by atoms with Gasteiger partial charge in [-0.25, -0.2) is 4.98 Å². The maximum absolute atomic E-state index is 12.1. The summed E-state index contributed by atoms with van der Waals surface area (Å²) < 4.78 is 21.2. The molecule has 0 bridgehead atoms. The van der Waals surface area contributed by atoms with Gasteiger partial charge in [0.25, 0.3) is 0 Å². The summed E-state index contributed by atoms with van der Waals surface area (Å²) in [6.07, 6.45) is 3.65. The molecular weight excluding hydrogens is 404 g/mol. The molecule has 1 N–H and O–H groups in total. The van der Waals surface area contributed by atoms with E-state index in [0.29, 0.717) is 29.0 Å². The molecule has 4 aromatic rings. The van der Waals surface area contributed by atoms with Gasteiger partial charge in [0.2, 0.25) is 0 Å². The summed E-state index contributed by atoms with van der Waals surface area (Å²) in [6.45, 7) is 0.346. The van der Waals surface area contributed by atoms with Crippen LogP contribution in [0.5, 0.6) is 11.5 Å². The van der Waals surface area contributed by atoms with Crippen LogP contribution in [0.1, 0.15) is 29.3 Å². The number of aryl methyl sites for hydroxylation is 1. The number of carbonyl (C=O) groups excluding carboxylic acids is 1. The summed E-state index contributed by atoms with van der Waals surface area (Å²) in [7, 11) is 3.26. The van der Waals surface area contributed by atoms with Gasteiger partial charge in [-0.1, -0.05) is 12.1 Å². The summed E-state index contributed by atoms with van der Waals surface area (Å²) in [5.74, 6) is 0.745. The first-order valence-corrected chi connectivity index (χ1v) is 9.99. The molecule has 0 aliphatic carbocycles. The summed E-state index contributed by atoms with van der Waals surface area (Å²) in [6, 6.07) is 10.7. The fourth-order valence-corrected chi connectivity index (χ4v) is 3.87. The lowest BCUT2D eigenvalue weighted by atomic mass is 9.87. The number of fused-ring (bicyclic) bond motifs is 1. The van der Waals surface area contributed by atoms with Crippen molar-refractivity contribution in [2.45, 2.75) is 18.9 Å². The topological polar surface area (TPSA) is 99.4 Å². The minimum Gasteiger partial charge on any atom is -0.508 e. The van der Waals surface area contributed by atoms with E-state index in [1.54, 1.807) is 18.3 Å². The second kappa shape index (κ2) is 8.50. The van der Waals surface area contributed by atoms with Crippen LogP contribution in [0.25, 0.3) is 11.0 Å². The first-order chi connectivity index (χ1) is 14.6. The summed E-state index contributed by atoms with van der Waals surface area (Å²) in [5.41, 5.74) is 2.66. The number of rotatable bonds is 7. The molecule has 4 rings (SSSR count). The van der Waals surface area contributed by atoms with Gasteiger partial charge in [0.15, 0.2) is 0 Å². The second-order valence-electron chi connectivity index (χ2n) is 6.78. The van der Waals surface area contributed by atoms with Crippen LogP contribution in [-0.2, 0) is 23.2 Å². The van der Waals surface area contributed by atoms with Crippen molar-refractivity contribution in [3.8, 4) is 11.5 Å². The number of ether oxygens (including phenoxy) is 2. The number of carbonyl (C=O) groups is 1. The monoisotopic (exact) mass is 424 g/mol. The molecule has 0 aliphatic heterocycles. The van der Waals surface area contributed by atoms with Crippen LogP contribution in [0, 0.1) is 0 Å². The lowest BCUT2D eigenvalue weighted by Gasteiger charge is -2.19. The molecular formula is C21H20N4O4S. The zero-order valence-corrected chi connectivity index (χ0v) is 17.3. The number of phenolic OH excluding ortho intramolecular Hbond substituents is 1. The van der Waals surface area contributed by atoms with Gasteiger partial charge in [-0.3, -0.25) is 4.79 Å². The second-order valence-corrected chi connectivity index (χ2v) is 7.30. The number of hydrogen-bond acceptors (Lipinski definition) is 8. The van der Waals surface area contributed by atoms with E-state index in [-0.39, 0.29) is 18.1 Å². The first-order valence-electron chi connectivity index (χ1n) is 9.26. The Balaban J connectivity index is 1.64. The van der Waals surface area contributed by atoms with Crippen LogP contribution in [0.4, 0.5) is 0 Å². The molecule has 0 aliphatic rings.